The molecule has 1 unspecified atom stereocenters. The molecule has 1 atom stereocenters. The van der Waals surface area contributed by atoms with Gasteiger partial charge in [-0.1, -0.05) is 43.6 Å². The summed E-state index contributed by atoms with van der Waals surface area (Å²) in [6, 6.07) is 0. The SMILES string of the molecule is CCCC(CCC1CC(C)C1)C1=CC=C(C)CC1. The molecular formula is C18H30. The van der Waals surface area contributed by atoms with Crippen molar-refractivity contribution >= 4 is 0 Å². The normalized spacial score (nSPS) is 29.3. The maximum atomic E-state index is 2.43. The molecule has 0 N–H and O–H groups in total. The average Bonchev–Trinajstić information content (AvgIpc) is 2.33. The van der Waals surface area contributed by atoms with Gasteiger partial charge < -0.3 is 0 Å². The molecule has 0 heteroatoms. The van der Waals surface area contributed by atoms with Gasteiger partial charge in [0.05, 0.1) is 0 Å². The molecule has 0 heterocycles. The van der Waals surface area contributed by atoms with Crippen molar-refractivity contribution < 1.29 is 0 Å². The number of rotatable bonds is 6. The molecule has 0 aromatic rings. The molecule has 0 bridgehead atoms. The Hall–Kier alpha value is -0.520. The van der Waals surface area contributed by atoms with Crippen molar-refractivity contribution in [1.29, 1.82) is 0 Å². The first-order chi connectivity index (χ1) is 8.69. The van der Waals surface area contributed by atoms with Crippen molar-refractivity contribution in [1.82, 2.24) is 0 Å². The second-order valence-electron chi connectivity index (χ2n) is 6.76. The van der Waals surface area contributed by atoms with E-state index in [2.05, 4.69) is 32.9 Å². The van der Waals surface area contributed by atoms with Crippen LogP contribution in [0.1, 0.15) is 72.1 Å². The van der Waals surface area contributed by atoms with Crippen molar-refractivity contribution in [3.63, 3.8) is 0 Å². The van der Waals surface area contributed by atoms with Crippen molar-refractivity contribution in [2.24, 2.45) is 17.8 Å². The third-order valence-corrected chi connectivity index (χ3v) is 4.95. The molecule has 2 aliphatic carbocycles. The molecule has 0 amide bonds. The van der Waals surface area contributed by atoms with Crippen LogP contribution >= 0.6 is 0 Å². The van der Waals surface area contributed by atoms with E-state index in [4.69, 9.17) is 0 Å². The Morgan fingerprint density at radius 2 is 1.94 bits per heavy atom. The minimum absolute atomic E-state index is 0.884. The zero-order valence-corrected chi connectivity index (χ0v) is 12.5. The zero-order valence-electron chi connectivity index (χ0n) is 12.5. The molecule has 0 radical (unpaired) electrons. The topological polar surface area (TPSA) is 0 Å². The predicted octanol–water partition coefficient (Wildman–Crippen LogP) is 5.90. The molecule has 0 aromatic carbocycles. The Bertz CT molecular complexity index is 315. The summed E-state index contributed by atoms with van der Waals surface area (Å²) >= 11 is 0. The highest BCUT2D eigenvalue weighted by Crippen LogP contribution is 2.39. The first-order valence-corrected chi connectivity index (χ1v) is 8.05. The quantitative estimate of drug-likeness (QED) is 0.547. The van der Waals surface area contributed by atoms with E-state index in [1.165, 1.54) is 51.4 Å². The van der Waals surface area contributed by atoms with E-state index in [0.717, 1.165) is 17.8 Å². The zero-order chi connectivity index (χ0) is 13.0. The second-order valence-corrected chi connectivity index (χ2v) is 6.76. The Kier molecular flexibility index (Phi) is 5.09. The Labute approximate surface area is 114 Å². The minimum atomic E-state index is 0.884. The van der Waals surface area contributed by atoms with E-state index >= 15 is 0 Å². The molecule has 1 saturated carbocycles. The van der Waals surface area contributed by atoms with Crippen LogP contribution in [0.3, 0.4) is 0 Å². The van der Waals surface area contributed by atoms with Gasteiger partial charge in [0.15, 0.2) is 0 Å². The van der Waals surface area contributed by atoms with Crippen LogP contribution in [0.2, 0.25) is 0 Å². The van der Waals surface area contributed by atoms with Gasteiger partial charge in [0.2, 0.25) is 0 Å². The van der Waals surface area contributed by atoms with Crippen molar-refractivity contribution in [3.05, 3.63) is 23.3 Å². The monoisotopic (exact) mass is 246 g/mol. The van der Waals surface area contributed by atoms with E-state index in [0.29, 0.717) is 0 Å². The lowest BCUT2D eigenvalue weighted by Gasteiger charge is -2.34. The molecule has 0 aromatic heterocycles. The van der Waals surface area contributed by atoms with Crippen LogP contribution in [0.15, 0.2) is 23.3 Å². The third kappa shape index (κ3) is 3.73. The highest BCUT2D eigenvalue weighted by atomic mass is 14.3. The Balaban J connectivity index is 1.83. The third-order valence-electron chi connectivity index (χ3n) is 4.95. The van der Waals surface area contributed by atoms with Gasteiger partial charge in [-0.25, -0.2) is 0 Å². The first kappa shape index (κ1) is 13.9. The minimum Gasteiger partial charge on any atom is -0.0730 e. The fraction of sp³-hybridized carbons (Fsp3) is 0.778. The summed E-state index contributed by atoms with van der Waals surface area (Å²) in [7, 11) is 0. The van der Waals surface area contributed by atoms with E-state index < -0.39 is 0 Å². The summed E-state index contributed by atoms with van der Waals surface area (Å²) in [4.78, 5) is 0. The summed E-state index contributed by atoms with van der Waals surface area (Å²) in [6.07, 6.45) is 16.1. The fourth-order valence-corrected chi connectivity index (χ4v) is 3.70. The van der Waals surface area contributed by atoms with Crippen LogP contribution in [0, 0.1) is 17.8 Å². The van der Waals surface area contributed by atoms with Gasteiger partial charge in [0, 0.05) is 0 Å². The average molecular weight is 246 g/mol. The van der Waals surface area contributed by atoms with Gasteiger partial charge in [-0.15, -0.1) is 0 Å². The summed E-state index contributed by atoms with van der Waals surface area (Å²) < 4.78 is 0. The molecule has 1 fully saturated rings. The lowest BCUT2D eigenvalue weighted by Crippen LogP contribution is -2.22. The summed E-state index contributed by atoms with van der Waals surface area (Å²) in [5.74, 6) is 2.95. The van der Waals surface area contributed by atoms with E-state index in [-0.39, 0.29) is 0 Å². The van der Waals surface area contributed by atoms with Crippen molar-refractivity contribution in [2.45, 2.75) is 72.1 Å². The molecule has 0 nitrogen and oxygen atoms in total. The maximum Gasteiger partial charge on any atom is -0.0200 e. The van der Waals surface area contributed by atoms with Crippen LogP contribution in [0.25, 0.3) is 0 Å². The van der Waals surface area contributed by atoms with Gasteiger partial charge in [-0.2, -0.15) is 0 Å². The van der Waals surface area contributed by atoms with Crippen LogP contribution < -0.4 is 0 Å². The standard InChI is InChI=1S/C18H30/c1-4-5-17(11-8-16-12-15(3)13-16)18-9-6-14(2)7-10-18/h6,9,15-17H,4-5,7-8,10-13H2,1-3H3. The summed E-state index contributed by atoms with van der Waals surface area (Å²) in [5, 5.41) is 0. The van der Waals surface area contributed by atoms with E-state index in [1.807, 2.05) is 0 Å². The lowest BCUT2D eigenvalue weighted by atomic mass is 9.72. The number of hydrogen-bond acceptors (Lipinski definition) is 0. The molecule has 102 valence electrons. The lowest BCUT2D eigenvalue weighted by molar-refractivity contribution is 0.188. The molecule has 2 aliphatic rings. The van der Waals surface area contributed by atoms with Crippen LogP contribution in [0.4, 0.5) is 0 Å². The van der Waals surface area contributed by atoms with Crippen molar-refractivity contribution in [2.75, 3.05) is 0 Å². The molecule has 2 rings (SSSR count). The molecule has 0 spiro atoms. The van der Waals surface area contributed by atoms with E-state index in [1.54, 1.807) is 11.1 Å². The number of allylic oxidation sites excluding steroid dienone is 4. The van der Waals surface area contributed by atoms with Crippen LogP contribution in [-0.4, -0.2) is 0 Å². The molecule has 0 saturated heterocycles. The predicted molar refractivity (Wildman–Crippen MR) is 80.6 cm³/mol. The van der Waals surface area contributed by atoms with Crippen molar-refractivity contribution in [3.8, 4) is 0 Å². The fourth-order valence-electron chi connectivity index (χ4n) is 3.70. The van der Waals surface area contributed by atoms with Gasteiger partial charge in [-0.3, -0.25) is 0 Å². The Morgan fingerprint density at radius 3 is 2.50 bits per heavy atom. The maximum absolute atomic E-state index is 2.43. The first-order valence-electron chi connectivity index (χ1n) is 8.05. The van der Waals surface area contributed by atoms with Crippen LogP contribution in [0.5, 0.6) is 0 Å². The highest BCUT2D eigenvalue weighted by molar-refractivity contribution is 5.24. The number of hydrogen-bond donors (Lipinski definition) is 0. The molecule has 0 aliphatic heterocycles. The van der Waals surface area contributed by atoms with Gasteiger partial charge in [0.1, 0.15) is 0 Å². The van der Waals surface area contributed by atoms with Crippen LogP contribution in [-0.2, 0) is 0 Å². The largest absolute Gasteiger partial charge is 0.0730 e. The Morgan fingerprint density at radius 1 is 1.17 bits per heavy atom. The second kappa shape index (κ2) is 6.59. The van der Waals surface area contributed by atoms with Gasteiger partial charge in [-0.05, 0) is 69.6 Å². The highest BCUT2D eigenvalue weighted by Gasteiger charge is 2.26. The molecule has 18 heavy (non-hydrogen) atoms. The van der Waals surface area contributed by atoms with Gasteiger partial charge >= 0.3 is 0 Å². The molecular weight excluding hydrogens is 216 g/mol. The summed E-state index contributed by atoms with van der Waals surface area (Å²) in [6.45, 7) is 7.00. The van der Waals surface area contributed by atoms with E-state index in [9.17, 15) is 0 Å². The summed E-state index contributed by atoms with van der Waals surface area (Å²) in [5.41, 5.74) is 3.30. The smallest absolute Gasteiger partial charge is 0.0200 e. The van der Waals surface area contributed by atoms with Gasteiger partial charge in [0.25, 0.3) is 0 Å².